The van der Waals surface area contributed by atoms with Crippen molar-refractivity contribution in [3.63, 3.8) is 0 Å². The summed E-state index contributed by atoms with van der Waals surface area (Å²) in [5, 5.41) is 10.9. The number of ketones is 1. The van der Waals surface area contributed by atoms with Crippen LogP contribution in [0.5, 0.6) is 0 Å². The van der Waals surface area contributed by atoms with Crippen LogP contribution >= 0.6 is 0 Å². The van der Waals surface area contributed by atoms with Gasteiger partial charge in [-0.15, -0.1) is 0 Å². The van der Waals surface area contributed by atoms with Gasteiger partial charge < -0.3 is 5.11 Å². The minimum absolute atomic E-state index is 0.0544. The van der Waals surface area contributed by atoms with Crippen LogP contribution in [0, 0.1) is 29.1 Å². The number of hydrogen-bond donors (Lipinski definition) is 1. The van der Waals surface area contributed by atoms with Gasteiger partial charge in [0, 0.05) is 18.3 Å². The van der Waals surface area contributed by atoms with E-state index in [2.05, 4.69) is 0 Å². The standard InChI is InChI=1S/C21H25F5O2/c1-18-10-8-15-14-7-5-13(27)11-12(14)4-6-16(15)17(18)3-2-9-19(18,28)20(22,23)21(24,25)26/h2-3,11,14-17,28H,4-10H2,1H3/t14-,15+,16+,17-,18-,19-/m0/s1. The Labute approximate surface area is 160 Å². The molecule has 28 heavy (non-hydrogen) atoms. The number of rotatable bonds is 1. The minimum Gasteiger partial charge on any atom is -0.382 e. The Morgan fingerprint density at radius 3 is 2.46 bits per heavy atom. The third kappa shape index (κ3) is 2.50. The topological polar surface area (TPSA) is 37.3 Å². The summed E-state index contributed by atoms with van der Waals surface area (Å²) in [6, 6.07) is 0. The molecule has 4 aliphatic rings. The SMILES string of the molecule is C[C@]12CC[C@H]3[C@@H](CCC4=CC(=O)CC[C@@H]43)[C@@H]1C=CC[C@@]2(O)C(F)(F)C(F)(F)F. The van der Waals surface area contributed by atoms with Gasteiger partial charge in [0.15, 0.2) is 5.78 Å². The second-order valence-electron chi connectivity index (χ2n) is 9.24. The lowest BCUT2D eigenvalue weighted by atomic mass is 9.45. The highest BCUT2D eigenvalue weighted by atomic mass is 19.4. The summed E-state index contributed by atoms with van der Waals surface area (Å²) in [7, 11) is 0. The van der Waals surface area contributed by atoms with Gasteiger partial charge in [-0.3, -0.25) is 4.79 Å². The molecule has 4 rings (SSSR count). The van der Waals surface area contributed by atoms with Crippen LogP contribution in [-0.2, 0) is 4.79 Å². The molecule has 0 aromatic carbocycles. The number of allylic oxidation sites excluding steroid dienone is 3. The van der Waals surface area contributed by atoms with E-state index in [9.17, 15) is 31.9 Å². The monoisotopic (exact) mass is 404 g/mol. The van der Waals surface area contributed by atoms with E-state index < -0.39 is 35.5 Å². The van der Waals surface area contributed by atoms with E-state index in [-0.39, 0.29) is 30.0 Å². The maximum atomic E-state index is 14.5. The Kier molecular flexibility index (Phi) is 4.39. The van der Waals surface area contributed by atoms with Crippen molar-refractivity contribution < 1.29 is 31.9 Å². The predicted molar refractivity (Wildman–Crippen MR) is 92.6 cm³/mol. The Morgan fingerprint density at radius 2 is 1.79 bits per heavy atom. The number of alkyl halides is 5. The van der Waals surface area contributed by atoms with Crippen LogP contribution in [0.1, 0.15) is 51.9 Å². The third-order valence-electron chi connectivity index (χ3n) is 8.13. The highest BCUT2D eigenvalue weighted by Crippen LogP contribution is 2.66. The number of fused-ring (bicyclic) bond motifs is 5. The molecule has 1 N–H and O–H groups in total. The van der Waals surface area contributed by atoms with Gasteiger partial charge >= 0.3 is 12.1 Å². The molecule has 156 valence electrons. The zero-order chi connectivity index (χ0) is 20.5. The van der Waals surface area contributed by atoms with Gasteiger partial charge in [-0.2, -0.15) is 22.0 Å². The number of halogens is 5. The molecule has 0 heterocycles. The fourth-order valence-electron chi connectivity index (χ4n) is 6.61. The van der Waals surface area contributed by atoms with E-state index in [0.29, 0.717) is 25.7 Å². The van der Waals surface area contributed by atoms with Crippen LogP contribution in [0.4, 0.5) is 22.0 Å². The summed E-state index contributed by atoms with van der Waals surface area (Å²) < 4.78 is 68.6. The average molecular weight is 404 g/mol. The summed E-state index contributed by atoms with van der Waals surface area (Å²) in [6.45, 7) is 1.41. The van der Waals surface area contributed by atoms with Crippen molar-refractivity contribution in [3.8, 4) is 0 Å². The molecule has 0 saturated heterocycles. The summed E-state index contributed by atoms with van der Waals surface area (Å²) in [5.74, 6) is -5.28. The molecule has 0 unspecified atom stereocenters. The summed E-state index contributed by atoms with van der Waals surface area (Å²) in [5.41, 5.74) is -3.59. The van der Waals surface area contributed by atoms with Crippen molar-refractivity contribution in [2.45, 2.75) is 69.6 Å². The van der Waals surface area contributed by atoms with E-state index in [0.717, 1.165) is 12.0 Å². The van der Waals surface area contributed by atoms with Crippen molar-refractivity contribution in [2.75, 3.05) is 0 Å². The molecule has 0 aromatic heterocycles. The van der Waals surface area contributed by atoms with E-state index in [1.807, 2.05) is 0 Å². The normalized spacial score (nSPS) is 43.7. The summed E-state index contributed by atoms with van der Waals surface area (Å²) in [6.07, 6.45) is 1.41. The summed E-state index contributed by atoms with van der Waals surface area (Å²) >= 11 is 0. The Bertz CT molecular complexity index is 740. The molecule has 2 nitrogen and oxygen atoms in total. The number of carbonyl (C=O) groups excluding carboxylic acids is 1. The summed E-state index contributed by atoms with van der Waals surface area (Å²) in [4.78, 5) is 11.7. The lowest BCUT2D eigenvalue weighted by molar-refractivity contribution is -0.372. The molecule has 0 radical (unpaired) electrons. The molecular weight excluding hydrogens is 379 g/mol. The predicted octanol–water partition coefficient (Wildman–Crippen LogP) is 5.22. The van der Waals surface area contributed by atoms with Gasteiger partial charge in [-0.05, 0) is 61.9 Å². The van der Waals surface area contributed by atoms with E-state index in [1.54, 1.807) is 12.2 Å². The lowest BCUT2D eigenvalue weighted by Gasteiger charge is -2.61. The zero-order valence-electron chi connectivity index (χ0n) is 15.7. The Morgan fingerprint density at radius 1 is 1.07 bits per heavy atom. The van der Waals surface area contributed by atoms with Gasteiger partial charge in [-0.1, -0.05) is 24.6 Å². The first-order valence-corrected chi connectivity index (χ1v) is 9.99. The maximum Gasteiger partial charge on any atom is 0.456 e. The second-order valence-corrected chi connectivity index (χ2v) is 9.24. The molecule has 6 atom stereocenters. The van der Waals surface area contributed by atoms with Crippen molar-refractivity contribution >= 4 is 5.78 Å². The van der Waals surface area contributed by atoms with E-state index >= 15 is 0 Å². The molecule has 0 amide bonds. The molecule has 7 heteroatoms. The minimum atomic E-state index is -5.80. The smallest absolute Gasteiger partial charge is 0.382 e. The third-order valence-corrected chi connectivity index (χ3v) is 8.13. The molecule has 4 aliphatic carbocycles. The molecule has 0 aromatic rings. The van der Waals surface area contributed by atoms with Crippen molar-refractivity contribution in [1.29, 1.82) is 0 Å². The Balaban J connectivity index is 1.71. The second kappa shape index (κ2) is 6.13. The van der Waals surface area contributed by atoms with Crippen LogP contribution in [0.25, 0.3) is 0 Å². The first-order valence-electron chi connectivity index (χ1n) is 9.99. The number of carbonyl (C=O) groups is 1. The van der Waals surface area contributed by atoms with Gasteiger partial charge in [-0.25, -0.2) is 0 Å². The molecule has 2 saturated carbocycles. The van der Waals surface area contributed by atoms with Crippen LogP contribution in [0.2, 0.25) is 0 Å². The lowest BCUT2D eigenvalue weighted by Crippen LogP contribution is -2.69. The maximum absolute atomic E-state index is 14.5. The number of aliphatic hydroxyl groups is 1. The zero-order valence-corrected chi connectivity index (χ0v) is 15.7. The molecule has 0 spiro atoms. The molecule has 0 aliphatic heterocycles. The van der Waals surface area contributed by atoms with Crippen molar-refractivity contribution in [1.82, 2.24) is 0 Å². The van der Waals surface area contributed by atoms with Crippen LogP contribution in [0.3, 0.4) is 0 Å². The first kappa shape index (κ1) is 20.0. The fourth-order valence-corrected chi connectivity index (χ4v) is 6.61. The fraction of sp³-hybridized carbons (Fsp3) is 0.762. The average Bonchev–Trinajstić information content (AvgIpc) is 2.61. The molecular formula is C21H25F5O2. The quantitative estimate of drug-likeness (QED) is 0.480. The van der Waals surface area contributed by atoms with E-state index in [4.69, 9.17) is 0 Å². The van der Waals surface area contributed by atoms with Crippen molar-refractivity contribution in [3.05, 3.63) is 23.8 Å². The number of hydrogen-bond acceptors (Lipinski definition) is 2. The first-order chi connectivity index (χ1) is 12.9. The van der Waals surface area contributed by atoms with Crippen LogP contribution < -0.4 is 0 Å². The highest BCUT2D eigenvalue weighted by Gasteiger charge is 2.76. The van der Waals surface area contributed by atoms with Gasteiger partial charge in [0.1, 0.15) is 5.60 Å². The van der Waals surface area contributed by atoms with Crippen LogP contribution in [0.15, 0.2) is 23.8 Å². The highest BCUT2D eigenvalue weighted by molar-refractivity contribution is 5.91. The van der Waals surface area contributed by atoms with Crippen molar-refractivity contribution in [2.24, 2.45) is 29.1 Å². The Hall–Kier alpha value is -1.24. The molecule has 2 fully saturated rings. The van der Waals surface area contributed by atoms with Crippen LogP contribution in [-0.4, -0.2) is 28.6 Å². The van der Waals surface area contributed by atoms with E-state index in [1.165, 1.54) is 13.0 Å². The van der Waals surface area contributed by atoms with Gasteiger partial charge in [0.05, 0.1) is 0 Å². The molecule has 0 bridgehead atoms. The van der Waals surface area contributed by atoms with Gasteiger partial charge in [0.2, 0.25) is 0 Å². The van der Waals surface area contributed by atoms with Gasteiger partial charge in [0.25, 0.3) is 0 Å². The largest absolute Gasteiger partial charge is 0.456 e.